The lowest BCUT2D eigenvalue weighted by Crippen LogP contribution is -2.10. The number of aryl methyl sites for hydroxylation is 1. The lowest BCUT2D eigenvalue weighted by atomic mass is 9.87. The van der Waals surface area contributed by atoms with Gasteiger partial charge in [0, 0.05) is 41.2 Å². The Bertz CT molecular complexity index is 1120. The number of fused-ring (bicyclic) bond motifs is 2. The molecule has 4 aromatic rings. The van der Waals surface area contributed by atoms with Gasteiger partial charge in [-0.25, -0.2) is 0 Å². The number of rotatable bonds is 2. The summed E-state index contributed by atoms with van der Waals surface area (Å²) < 4.78 is 8.45. The van der Waals surface area contributed by atoms with Gasteiger partial charge in [-0.05, 0) is 23.8 Å². The van der Waals surface area contributed by atoms with Crippen LogP contribution in [-0.2, 0) is 7.05 Å². The summed E-state index contributed by atoms with van der Waals surface area (Å²) in [4.78, 5) is 0. The molecular weight excluding hydrogens is 318 g/mol. The van der Waals surface area contributed by atoms with Gasteiger partial charge < -0.3 is 9.30 Å². The molecule has 1 aliphatic heterocycles. The Morgan fingerprint density at radius 1 is 0.769 bits per heavy atom. The van der Waals surface area contributed by atoms with E-state index in [9.17, 15) is 0 Å². The zero-order valence-corrected chi connectivity index (χ0v) is 14.6. The predicted molar refractivity (Wildman–Crippen MR) is 106 cm³/mol. The standard InChI is InChI=1S/C24H19NO/c1-25-16-21(18-11-5-7-13-22(18)25)20-15-24(17-9-3-2-4-10-17)26-23-14-8-6-12-19(20)23/h2-16,20H,1H3. The number of ether oxygens (including phenoxy) is 1. The summed E-state index contributed by atoms with van der Waals surface area (Å²) in [6.45, 7) is 0. The first-order valence-corrected chi connectivity index (χ1v) is 8.89. The maximum atomic E-state index is 6.24. The summed E-state index contributed by atoms with van der Waals surface area (Å²) in [5, 5.41) is 1.29. The molecule has 0 radical (unpaired) electrons. The average molecular weight is 337 g/mol. The van der Waals surface area contributed by atoms with Gasteiger partial charge in [-0.15, -0.1) is 0 Å². The molecule has 5 rings (SSSR count). The van der Waals surface area contributed by atoms with Crippen molar-refractivity contribution in [2.45, 2.75) is 5.92 Å². The second kappa shape index (κ2) is 5.92. The number of benzene rings is 3. The number of allylic oxidation sites excluding steroid dienone is 1. The Morgan fingerprint density at radius 2 is 1.50 bits per heavy atom. The molecule has 26 heavy (non-hydrogen) atoms. The summed E-state index contributed by atoms with van der Waals surface area (Å²) >= 11 is 0. The number of para-hydroxylation sites is 2. The number of hydrogen-bond acceptors (Lipinski definition) is 1. The van der Waals surface area contributed by atoms with Crippen LogP contribution in [-0.4, -0.2) is 4.57 Å². The van der Waals surface area contributed by atoms with Crippen LogP contribution < -0.4 is 4.74 Å². The molecular formula is C24H19NO. The summed E-state index contributed by atoms with van der Waals surface area (Å²) in [5.74, 6) is 2.02. The molecule has 0 N–H and O–H groups in total. The van der Waals surface area contributed by atoms with Crippen LogP contribution in [0.5, 0.6) is 5.75 Å². The first-order chi connectivity index (χ1) is 12.8. The second-order valence-corrected chi connectivity index (χ2v) is 6.73. The molecule has 2 nitrogen and oxygen atoms in total. The fourth-order valence-corrected chi connectivity index (χ4v) is 3.86. The Morgan fingerprint density at radius 3 is 2.38 bits per heavy atom. The van der Waals surface area contributed by atoms with E-state index in [1.807, 2.05) is 24.3 Å². The van der Waals surface area contributed by atoms with Gasteiger partial charge in [-0.2, -0.15) is 0 Å². The predicted octanol–water partition coefficient (Wildman–Crippen LogP) is 5.74. The third-order valence-corrected chi connectivity index (χ3v) is 5.11. The average Bonchev–Trinajstić information content (AvgIpc) is 3.05. The fraction of sp³-hybridized carbons (Fsp3) is 0.0833. The number of hydrogen-bond donors (Lipinski definition) is 0. The van der Waals surface area contributed by atoms with Crippen molar-refractivity contribution in [3.05, 3.63) is 108 Å². The topological polar surface area (TPSA) is 14.2 Å². The highest BCUT2D eigenvalue weighted by Gasteiger charge is 2.26. The minimum Gasteiger partial charge on any atom is -0.457 e. The third kappa shape index (κ3) is 2.34. The zero-order chi connectivity index (χ0) is 17.5. The van der Waals surface area contributed by atoms with Gasteiger partial charge in [0.05, 0.1) is 0 Å². The molecule has 0 spiro atoms. The SMILES string of the molecule is Cn1cc(C2C=C(c3ccccc3)Oc3ccccc32)c2ccccc21. The molecule has 2 heteroatoms. The van der Waals surface area contributed by atoms with E-state index in [0.29, 0.717) is 0 Å². The van der Waals surface area contributed by atoms with Gasteiger partial charge >= 0.3 is 0 Å². The van der Waals surface area contributed by atoms with Crippen molar-refractivity contribution in [2.75, 3.05) is 0 Å². The molecule has 1 unspecified atom stereocenters. The Labute approximate surface area is 153 Å². The summed E-state index contributed by atoms with van der Waals surface area (Å²) in [5.41, 5.74) is 4.88. The Kier molecular flexibility index (Phi) is 3.42. The monoisotopic (exact) mass is 337 g/mol. The van der Waals surface area contributed by atoms with Crippen molar-refractivity contribution in [3.63, 3.8) is 0 Å². The minimum atomic E-state index is 0.168. The smallest absolute Gasteiger partial charge is 0.131 e. The maximum Gasteiger partial charge on any atom is 0.131 e. The van der Waals surface area contributed by atoms with Crippen molar-refractivity contribution >= 4 is 16.7 Å². The van der Waals surface area contributed by atoms with E-state index >= 15 is 0 Å². The van der Waals surface area contributed by atoms with Gasteiger partial charge in [0.1, 0.15) is 11.5 Å². The van der Waals surface area contributed by atoms with Gasteiger partial charge in [-0.1, -0.05) is 66.7 Å². The molecule has 3 aromatic carbocycles. The van der Waals surface area contributed by atoms with E-state index < -0.39 is 0 Å². The summed E-state index contributed by atoms with van der Waals surface area (Å²) in [6, 6.07) is 27.2. The van der Waals surface area contributed by atoms with E-state index in [2.05, 4.69) is 78.5 Å². The normalized spacial score (nSPS) is 16.0. The third-order valence-electron chi connectivity index (χ3n) is 5.11. The Balaban J connectivity index is 1.74. The van der Waals surface area contributed by atoms with E-state index in [-0.39, 0.29) is 5.92 Å². The van der Waals surface area contributed by atoms with Crippen molar-refractivity contribution in [3.8, 4) is 5.75 Å². The molecule has 1 aliphatic rings. The van der Waals surface area contributed by atoms with Crippen molar-refractivity contribution in [1.82, 2.24) is 4.57 Å². The molecule has 126 valence electrons. The molecule has 0 aliphatic carbocycles. The molecule has 1 aromatic heterocycles. The van der Waals surface area contributed by atoms with Crippen LogP contribution in [0.3, 0.4) is 0 Å². The molecule has 0 saturated carbocycles. The highest BCUT2D eigenvalue weighted by atomic mass is 16.5. The summed E-state index contributed by atoms with van der Waals surface area (Å²) in [7, 11) is 2.11. The molecule has 0 amide bonds. The van der Waals surface area contributed by atoms with Crippen LogP contribution in [0.4, 0.5) is 0 Å². The highest BCUT2D eigenvalue weighted by molar-refractivity contribution is 5.86. The highest BCUT2D eigenvalue weighted by Crippen LogP contribution is 2.43. The van der Waals surface area contributed by atoms with Crippen LogP contribution in [0.2, 0.25) is 0 Å². The largest absolute Gasteiger partial charge is 0.457 e. The van der Waals surface area contributed by atoms with E-state index in [0.717, 1.165) is 17.1 Å². The van der Waals surface area contributed by atoms with Crippen molar-refractivity contribution in [2.24, 2.45) is 7.05 Å². The van der Waals surface area contributed by atoms with Gasteiger partial charge in [0.2, 0.25) is 0 Å². The molecule has 0 saturated heterocycles. The zero-order valence-electron chi connectivity index (χ0n) is 14.6. The van der Waals surface area contributed by atoms with Crippen LogP contribution in [0.25, 0.3) is 16.7 Å². The van der Waals surface area contributed by atoms with Crippen LogP contribution in [0, 0.1) is 0 Å². The van der Waals surface area contributed by atoms with Crippen LogP contribution in [0.1, 0.15) is 22.6 Å². The molecule has 0 fully saturated rings. The minimum absolute atomic E-state index is 0.168. The van der Waals surface area contributed by atoms with E-state index in [1.54, 1.807) is 0 Å². The van der Waals surface area contributed by atoms with Crippen molar-refractivity contribution in [1.29, 1.82) is 0 Å². The lowest BCUT2D eigenvalue weighted by molar-refractivity contribution is 0.492. The van der Waals surface area contributed by atoms with Crippen molar-refractivity contribution < 1.29 is 4.74 Å². The van der Waals surface area contributed by atoms with E-state index in [4.69, 9.17) is 4.74 Å². The molecule has 2 heterocycles. The number of nitrogens with zero attached hydrogens (tertiary/aromatic N) is 1. The van der Waals surface area contributed by atoms with Gasteiger partial charge in [-0.3, -0.25) is 0 Å². The van der Waals surface area contributed by atoms with Crippen LogP contribution >= 0.6 is 0 Å². The van der Waals surface area contributed by atoms with Gasteiger partial charge in [0.25, 0.3) is 0 Å². The van der Waals surface area contributed by atoms with E-state index in [1.165, 1.54) is 22.0 Å². The van der Waals surface area contributed by atoms with Gasteiger partial charge in [0.15, 0.2) is 0 Å². The van der Waals surface area contributed by atoms with Crippen LogP contribution in [0.15, 0.2) is 91.1 Å². The molecule has 0 bridgehead atoms. The Hall–Kier alpha value is -3.26. The second-order valence-electron chi connectivity index (χ2n) is 6.73. The quantitative estimate of drug-likeness (QED) is 0.455. The molecule has 1 atom stereocenters. The first-order valence-electron chi connectivity index (χ1n) is 8.89. The number of aromatic nitrogens is 1. The lowest BCUT2D eigenvalue weighted by Gasteiger charge is -2.25. The fourth-order valence-electron chi connectivity index (χ4n) is 3.86. The maximum absolute atomic E-state index is 6.24. The summed E-state index contributed by atoms with van der Waals surface area (Å²) in [6.07, 6.45) is 4.50. The first kappa shape index (κ1) is 15.0.